The molecule has 0 aromatic heterocycles. The highest BCUT2D eigenvalue weighted by atomic mass is 16.5. The topological polar surface area (TPSA) is 35.2 Å². The molecule has 0 fully saturated rings. The molecule has 2 aromatic carbocycles. The van der Waals surface area contributed by atoms with Crippen molar-refractivity contribution in [3.05, 3.63) is 65.2 Å². The van der Waals surface area contributed by atoms with Gasteiger partial charge in [0.15, 0.2) is 0 Å². The number of hydrogen-bond donors (Lipinski definition) is 1. The smallest absolute Gasteiger partial charge is 0.119 e. The fourth-order valence-corrected chi connectivity index (χ4v) is 2.78. The first kappa shape index (κ1) is 11.3. The van der Waals surface area contributed by atoms with E-state index in [1.165, 1.54) is 11.1 Å². The van der Waals surface area contributed by atoms with Crippen LogP contribution in [0.25, 0.3) is 0 Å². The molecule has 2 heteroatoms. The van der Waals surface area contributed by atoms with Gasteiger partial charge in [0.05, 0.1) is 7.11 Å². The summed E-state index contributed by atoms with van der Waals surface area (Å²) >= 11 is 0. The predicted octanol–water partition coefficient (Wildman–Crippen LogP) is 2.65. The van der Waals surface area contributed by atoms with Crippen molar-refractivity contribution in [3.63, 3.8) is 0 Å². The van der Waals surface area contributed by atoms with Crippen LogP contribution in [0.3, 0.4) is 0 Å². The Hall–Kier alpha value is -1.80. The highest BCUT2D eigenvalue weighted by Gasteiger charge is 2.34. The van der Waals surface area contributed by atoms with Crippen LogP contribution in [0.2, 0.25) is 0 Å². The summed E-state index contributed by atoms with van der Waals surface area (Å²) in [7, 11) is 1.69. The summed E-state index contributed by atoms with van der Waals surface area (Å²) in [5, 5.41) is 0. The van der Waals surface area contributed by atoms with Crippen LogP contribution in [0.5, 0.6) is 5.75 Å². The normalized spacial score (nSPS) is 16.3. The number of fused-ring (bicyclic) bond motifs is 1. The Bertz CT molecular complexity index is 552. The third kappa shape index (κ3) is 1.79. The standard InChI is InChI=1S/C16H17NO/c1-18-15-8-4-7-14(9-15)16(17)10-12-5-2-3-6-13(12)11-16/h2-9H,10-11,17H2,1H3. The van der Waals surface area contributed by atoms with Gasteiger partial charge < -0.3 is 10.5 Å². The van der Waals surface area contributed by atoms with Crippen LogP contribution in [0.4, 0.5) is 0 Å². The number of ether oxygens (including phenoxy) is 1. The molecule has 2 N–H and O–H groups in total. The summed E-state index contributed by atoms with van der Waals surface area (Å²) in [4.78, 5) is 0. The van der Waals surface area contributed by atoms with Gasteiger partial charge in [-0.3, -0.25) is 0 Å². The van der Waals surface area contributed by atoms with E-state index in [-0.39, 0.29) is 5.54 Å². The molecule has 0 saturated heterocycles. The highest BCUT2D eigenvalue weighted by Crippen LogP contribution is 2.36. The monoisotopic (exact) mass is 239 g/mol. The maximum absolute atomic E-state index is 6.60. The molecule has 0 amide bonds. The van der Waals surface area contributed by atoms with Crippen LogP contribution < -0.4 is 10.5 Å². The molecule has 0 heterocycles. The molecule has 3 rings (SSSR count). The zero-order chi connectivity index (χ0) is 12.6. The van der Waals surface area contributed by atoms with Crippen molar-refractivity contribution in [2.75, 3.05) is 7.11 Å². The van der Waals surface area contributed by atoms with Crippen molar-refractivity contribution >= 4 is 0 Å². The summed E-state index contributed by atoms with van der Waals surface area (Å²) in [6, 6.07) is 16.6. The zero-order valence-corrected chi connectivity index (χ0v) is 10.5. The van der Waals surface area contributed by atoms with Crippen molar-refractivity contribution in [3.8, 4) is 5.75 Å². The minimum Gasteiger partial charge on any atom is -0.497 e. The van der Waals surface area contributed by atoms with E-state index in [9.17, 15) is 0 Å². The molecular weight excluding hydrogens is 222 g/mol. The van der Waals surface area contributed by atoms with Gasteiger partial charge in [-0.25, -0.2) is 0 Å². The number of rotatable bonds is 2. The summed E-state index contributed by atoms with van der Waals surface area (Å²) in [6.45, 7) is 0. The third-order valence-electron chi connectivity index (χ3n) is 3.77. The molecule has 0 bridgehead atoms. The first-order valence-corrected chi connectivity index (χ1v) is 6.21. The lowest BCUT2D eigenvalue weighted by Crippen LogP contribution is -2.37. The maximum atomic E-state index is 6.60. The van der Waals surface area contributed by atoms with Gasteiger partial charge in [0.1, 0.15) is 5.75 Å². The Morgan fingerprint density at radius 2 is 1.67 bits per heavy atom. The van der Waals surface area contributed by atoms with Crippen molar-refractivity contribution in [2.24, 2.45) is 5.73 Å². The Kier molecular flexibility index (Phi) is 2.60. The van der Waals surface area contributed by atoms with Gasteiger partial charge in [-0.05, 0) is 41.7 Å². The van der Waals surface area contributed by atoms with Gasteiger partial charge in [0, 0.05) is 5.54 Å². The molecule has 0 atom stereocenters. The number of hydrogen-bond acceptors (Lipinski definition) is 2. The van der Waals surface area contributed by atoms with E-state index in [2.05, 4.69) is 30.3 Å². The van der Waals surface area contributed by atoms with Gasteiger partial charge in [-0.15, -0.1) is 0 Å². The lowest BCUT2D eigenvalue weighted by molar-refractivity contribution is 0.409. The molecule has 0 unspecified atom stereocenters. The molecule has 0 spiro atoms. The van der Waals surface area contributed by atoms with Crippen molar-refractivity contribution in [1.29, 1.82) is 0 Å². The third-order valence-corrected chi connectivity index (χ3v) is 3.77. The van der Waals surface area contributed by atoms with Gasteiger partial charge in [-0.2, -0.15) is 0 Å². The maximum Gasteiger partial charge on any atom is 0.119 e. The van der Waals surface area contributed by atoms with E-state index in [1.807, 2.05) is 18.2 Å². The van der Waals surface area contributed by atoms with Gasteiger partial charge in [0.2, 0.25) is 0 Å². The first-order chi connectivity index (χ1) is 8.71. The van der Waals surface area contributed by atoms with E-state index in [1.54, 1.807) is 7.11 Å². The molecule has 18 heavy (non-hydrogen) atoms. The van der Waals surface area contributed by atoms with Crippen molar-refractivity contribution < 1.29 is 4.74 Å². The van der Waals surface area contributed by atoms with Gasteiger partial charge >= 0.3 is 0 Å². The highest BCUT2D eigenvalue weighted by molar-refractivity contribution is 5.43. The molecule has 1 aliphatic carbocycles. The van der Waals surface area contributed by atoms with Crippen LogP contribution in [0.15, 0.2) is 48.5 Å². The summed E-state index contributed by atoms with van der Waals surface area (Å²) < 4.78 is 5.28. The Balaban J connectivity index is 1.98. The predicted molar refractivity (Wildman–Crippen MR) is 72.7 cm³/mol. The van der Waals surface area contributed by atoms with Crippen LogP contribution in [-0.2, 0) is 18.4 Å². The average Bonchev–Trinajstić information content (AvgIpc) is 2.76. The van der Waals surface area contributed by atoms with E-state index < -0.39 is 0 Å². The quantitative estimate of drug-likeness (QED) is 0.874. The lowest BCUT2D eigenvalue weighted by Gasteiger charge is -2.24. The van der Waals surface area contributed by atoms with E-state index >= 15 is 0 Å². The largest absolute Gasteiger partial charge is 0.497 e. The van der Waals surface area contributed by atoms with Crippen LogP contribution in [0, 0.1) is 0 Å². The van der Waals surface area contributed by atoms with E-state index in [4.69, 9.17) is 10.5 Å². The molecule has 0 saturated carbocycles. The second kappa shape index (κ2) is 4.14. The van der Waals surface area contributed by atoms with Crippen LogP contribution in [0.1, 0.15) is 16.7 Å². The molecule has 1 aliphatic rings. The van der Waals surface area contributed by atoms with E-state index in [0.717, 1.165) is 24.2 Å². The minimum atomic E-state index is -0.293. The minimum absolute atomic E-state index is 0.293. The SMILES string of the molecule is COc1cccc(C2(N)Cc3ccccc3C2)c1. The Morgan fingerprint density at radius 3 is 2.28 bits per heavy atom. The van der Waals surface area contributed by atoms with Crippen LogP contribution >= 0.6 is 0 Å². The summed E-state index contributed by atoms with van der Waals surface area (Å²) in [5.41, 5.74) is 10.2. The summed E-state index contributed by atoms with van der Waals surface area (Å²) in [5.74, 6) is 0.869. The Labute approximate surface area is 107 Å². The van der Waals surface area contributed by atoms with Gasteiger partial charge in [-0.1, -0.05) is 36.4 Å². The van der Waals surface area contributed by atoms with Crippen molar-refractivity contribution in [1.82, 2.24) is 0 Å². The molecule has 0 aliphatic heterocycles. The summed E-state index contributed by atoms with van der Waals surface area (Å²) in [6.07, 6.45) is 1.80. The fourth-order valence-electron chi connectivity index (χ4n) is 2.78. The Morgan fingerprint density at radius 1 is 1.00 bits per heavy atom. The molecular formula is C16H17NO. The first-order valence-electron chi connectivity index (χ1n) is 6.21. The average molecular weight is 239 g/mol. The number of nitrogens with two attached hydrogens (primary N) is 1. The van der Waals surface area contributed by atoms with Gasteiger partial charge in [0.25, 0.3) is 0 Å². The number of methoxy groups -OCH3 is 1. The van der Waals surface area contributed by atoms with E-state index in [0.29, 0.717) is 0 Å². The zero-order valence-electron chi connectivity index (χ0n) is 10.5. The molecule has 2 nitrogen and oxygen atoms in total. The molecule has 92 valence electrons. The molecule has 0 radical (unpaired) electrons. The molecule has 2 aromatic rings. The van der Waals surface area contributed by atoms with Crippen LogP contribution in [-0.4, -0.2) is 7.11 Å². The fraction of sp³-hybridized carbons (Fsp3) is 0.250. The number of benzene rings is 2. The van der Waals surface area contributed by atoms with Crippen molar-refractivity contribution in [2.45, 2.75) is 18.4 Å². The second-order valence-corrected chi connectivity index (χ2v) is 5.01. The second-order valence-electron chi connectivity index (χ2n) is 5.01. The lowest BCUT2D eigenvalue weighted by atomic mass is 9.88.